The summed E-state index contributed by atoms with van der Waals surface area (Å²) in [4.78, 5) is 16.9. The summed E-state index contributed by atoms with van der Waals surface area (Å²) in [5, 5.41) is 13.8. The normalized spacial score (nSPS) is 13.7. The van der Waals surface area contributed by atoms with E-state index in [-0.39, 0.29) is 10.6 Å². The average molecular weight is 261 g/mol. The van der Waals surface area contributed by atoms with E-state index in [1.807, 2.05) is 11.4 Å². The lowest BCUT2D eigenvalue weighted by atomic mass is 10.1. The van der Waals surface area contributed by atoms with Gasteiger partial charge >= 0.3 is 0 Å². The highest BCUT2D eigenvalue weighted by atomic mass is 32.1. The predicted molar refractivity (Wildman–Crippen MR) is 70.0 cm³/mol. The van der Waals surface area contributed by atoms with Crippen molar-refractivity contribution in [2.24, 2.45) is 0 Å². The Morgan fingerprint density at radius 2 is 2.39 bits per heavy atom. The van der Waals surface area contributed by atoms with Crippen molar-refractivity contribution in [1.82, 2.24) is 4.98 Å². The monoisotopic (exact) mass is 261 g/mol. The van der Waals surface area contributed by atoms with E-state index in [9.17, 15) is 10.1 Å². The second-order valence-electron chi connectivity index (χ2n) is 4.17. The molecule has 0 fully saturated rings. The second-order valence-corrected chi connectivity index (χ2v) is 5.15. The average Bonchev–Trinajstić information content (AvgIpc) is 2.99. The third-order valence-corrected chi connectivity index (χ3v) is 3.85. The lowest BCUT2D eigenvalue weighted by Gasteiger charge is -2.17. The number of thiazole rings is 1. The van der Waals surface area contributed by atoms with Crippen molar-refractivity contribution in [1.29, 1.82) is 0 Å². The van der Waals surface area contributed by atoms with E-state index in [2.05, 4.69) is 9.88 Å². The molecule has 0 bridgehead atoms. The maximum atomic E-state index is 10.8. The number of nitro groups is 1. The molecule has 0 aliphatic carbocycles. The number of aromatic nitrogens is 1. The van der Waals surface area contributed by atoms with Crippen LogP contribution in [0.3, 0.4) is 0 Å². The molecule has 2 aromatic rings. The molecule has 3 rings (SSSR count). The summed E-state index contributed by atoms with van der Waals surface area (Å²) < 4.78 is 0. The zero-order valence-corrected chi connectivity index (χ0v) is 10.4. The summed E-state index contributed by atoms with van der Waals surface area (Å²) in [5.41, 5.74) is 2.30. The summed E-state index contributed by atoms with van der Waals surface area (Å²) in [5.74, 6) is 0. The van der Waals surface area contributed by atoms with E-state index >= 15 is 0 Å². The van der Waals surface area contributed by atoms with E-state index in [1.54, 1.807) is 29.7 Å². The van der Waals surface area contributed by atoms with E-state index in [1.165, 1.54) is 5.56 Å². The largest absolute Gasteiger partial charge is 0.364 e. The molecule has 1 aromatic carbocycles. The van der Waals surface area contributed by atoms with Gasteiger partial charge in [-0.15, -0.1) is 11.3 Å². The van der Waals surface area contributed by atoms with Crippen molar-refractivity contribution >= 4 is 22.7 Å². The van der Waals surface area contributed by atoms with E-state index in [0.717, 1.165) is 30.2 Å². The van der Waals surface area contributed by atoms with Gasteiger partial charge in [0.2, 0.25) is 0 Å². The fourth-order valence-corrected chi connectivity index (χ4v) is 2.84. The van der Waals surface area contributed by atoms with Gasteiger partial charge in [0.1, 0.15) is 5.01 Å². The Bertz CT molecular complexity index is 583. The number of hydrogen-bond donors (Lipinski definition) is 0. The molecule has 0 N–H and O–H groups in total. The quantitative estimate of drug-likeness (QED) is 0.629. The number of nitro benzene ring substituents is 1. The van der Waals surface area contributed by atoms with E-state index < -0.39 is 0 Å². The number of benzene rings is 1. The molecule has 2 heterocycles. The van der Waals surface area contributed by atoms with E-state index in [4.69, 9.17) is 0 Å². The van der Waals surface area contributed by atoms with E-state index in [0.29, 0.717) is 0 Å². The molecule has 92 valence electrons. The van der Waals surface area contributed by atoms with Gasteiger partial charge in [0.15, 0.2) is 0 Å². The minimum Gasteiger partial charge on any atom is -0.364 e. The molecule has 6 heteroatoms. The number of rotatable bonds is 3. The zero-order valence-electron chi connectivity index (χ0n) is 9.57. The minimum atomic E-state index is -0.347. The molecule has 0 spiro atoms. The molecule has 0 saturated carbocycles. The van der Waals surface area contributed by atoms with Gasteiger partial charge in [0.05, 0.1) is 11.5 Å². The highest BCUT2D eigenvalue weighted by Gasteiger charge is 2.22. The molecule has 0 radical (unpaired) electrons. The van der Waals surface area contributed by atoms with Gasteiger partial charge in [0.25, 0.3) is 5.69 Å². The molecule has 0 amide bonds. The Labute approximate surface area is 108 Å². The van der Waals surface area contributed by atoms with Crippen LogP contribution in [0, 0.1) is 10.1 Å². The van der Waals surface area contributed by atoms with Gasteiger partial charge in [-0.1, -0.05) is 6.07 Å². The van der Waals surface area contributed by atoms with Crippen LogP contribution in [-0.2, 0) is 13.0 Å². The van der Waals surface area contributed by atoms with Crippen molar-refractivity contribution in [2.45, 2.75) is 13.0 Å². The molecule has 1 aliphatic rings. The Hall–Kier alpha value is -1.95. The molecule has 1 aliphatic heterocycles. The van der Waals surface area contributed by atoms with Crippen molar-refractivity contribution in [3.63, 3.8) is 0 Å². The van der Waals surface area contributed by atoms with Crippen molar-refractivity contribution in [3.05, 3.63) is 50.5 Å². The van der Waals surface area contributed by atoms with Crippen LogP contribution < -0.4 is 4.90 Å². The van der Waals surface area contributed by atoms with Crippen LogP contribution >= 0.6 is 11.3 Å². The van der Waals surface area contributed by atoms with Gasteiger partial charge in [-0.05, 0) is 12.0 Å². The highest BCUT2D eigenvalue weighted by molar-refractivity contribution is 7.09. The fraction of sp³-hybridized carbons (Fsp3) is 0.250. The summed E-state index contributed by atoms with van der Waals surface area (Å²) in [6.07, 6.45) is 2.73. The molecular formula is C12H11N3O2S. The maximum Gasteiger partial charge on any atom is 0.271 e. The van der Waals surface area contributed by atoms with Crippen LogP contribution in [0.25, 0.3) is 0 Å². The van der Waals surface area contributed by atoms with Gasteiger partial charge in [0, 0.05) is 35.9 Å². The van der Waals surface area contributed by atoms with Crippen LogP contribution in [0.15, 0.2) is 29.8 Å². The smallest absolute Gasteiger partial charge is 0.271 e. The standard InChI is InChI=1S/C12H11N3O2S/c16-15(17)10-2-1-9-3-5-14(11(9)7-10)8-12-13-4-6-18-12/h1-2,4,6-7H,3,5,8H2. The number of anilines is 1. The summed E-state index contributed by atoms with van der Waals surface area (Å²) in [7, 11) is 0. The first-order valence-electron chi connectivity index (χ1n) is 5.64. The first-order chi connectivity index (χ1) is 8.74. The van der Waals surface area contributed by atoms with Crippen LogP contribution in [0.4, 0.5) is 11.4 Å². The third-order valence-electron chi connectivity index (χ3n) is 3.08. The van der Waals surface area contributed by atoms with Gasteiger partial charge in [-0.3, -0.25) is 10.1 Å². The number of hydrogen-bond acceptors (Lipinski definition) is 5. The Morgan fingerprint density at radius 3 is 3.11 bits per heavy atom. The predicted octanol–water partition coefficient (Wildman–Crippen LogP) is 2.61. The minimum absolute atomic E-state index is 0.153. The number of fused-ring (bicyclic) bond motifs is 1. The maximum absolute atomic E-state index is 10.8. The molecule has 5 nitrogen and oxygen atoms in total. The van der Waals surface area contributed by atoms with Gasteiger partial charge in [-0.25, -0.2) is 4.98 Å². The van der Waals surface area contributed by atoms with Crippen LogP contribution in [-0.4, -0.2) is 16.5 Å². The SMILES string of the molecule is O=[N+]([O-])c1ccc2c(c1)N(Cc1nccs1)CC2. The topological polar surface area (TPSA) is 59.3 Å². The first-order valence-corrected chi connectivity index (χ1v) is 6.52. The van der Waals surface area contributed by atoms with Crippen LogP contribution in [0.2, 0.25) is 0 Å². The number of nitrogens with zero attached hydrogens (tertiary/aromatic N) is 3. The van der Waals surface area contributed by atoms with Crippen molar-refractivity contribution in [3.8, 4) is 0 Å². The summed E-state index contributed by atoms with van der Waals surface area (Å²) in [6.45, 7) is 1.63. The molecule has 0 unspecified atom stereocenters. The Balaban J connectivity index is 1.90. The third kappa shape index (κ3) is 1.95. The second kappa shape index (κ2) is 4.38. The van der Waals surface area contributed by atoms with Crippen LogP contribution in [0.5, 0.6) is 0 Å². The summed E-state index contributed by atoms with van der Waals surface area (Å²) >= 11 is 1.61. The number of non-ortho nitro benzene ring substituents is 1. The Morgan fingerprint density at radius 1 is 1.50 bits per heavy atom. The lowest BCUT2D eigenvalue weighted by molar-refractivity contribution is -0.384. The van der Waals surface area contributed by atoms with Gasteiger partial charge < -0.3 is 4.90 Å². The molecule has 18 heavy (non-hydrogen) atoms. The highest BCUT2D eigenvalue weighted by Crippen LogP contribution is 2.32. The van der Waals surface area contributed by atoms with Gasteiger partial charge in [-0.2, -0.15) is 0 Å². The van der Waals surface area contributed by atoms with Crippen molar-refractivity contribution < 1.29 is 4.92 Å². The fourth-order valence-electron chi connectivity index (χ4n) is 2.21. The van der Waals surface area contributed by atoms with Crippen LogP contribution in [0.1, 0.15) is 10.6 Å². The molecular weight excluding hydrogens is 250 g/mol. The lowest BCUT2D eigenvalue weighted by Crippen LogP contribution is -2.19. The zero-order chi connectivity index (χ0) is 12.5. The molecule has 0 atom stereocenters. The first kappa shape index (κ1) is 11.2. The Kier molecular flexibility index (Phi) is 2.71. The van der Waals surface area contributed by atoms with Crippen molar-refractivity contribution in [2.75, 3.05) is 11.4 Å². The molecule has 1 aromatic heterocycles. The molecule has 0 saturated heterocycles. The summed E-state index contributed by atoms with van der Waals surface area (Å²) in [6, 6.07) is 5.09.